The Kier molecular flexibility index (Phi) is 7.13. The van der Waals surface area contributed by atoms with Gasteiger partial charge in [0, 0.05) is 46.0 Å². The van der Waals surface area contributed by atoms with Gasteiger partial charge in [-0.05, 0) is 43.9 Å². The fourth-order valence-corrected chi connectivity index (χ4v) is 4.64. The number of morpholine rings is 1. The molecule has 34 heavy (non-hydrogen) atoms. The Labute approximate surface area is 200 Å². The van der Waals surface area contributed by atoms with Crippen molar-refractivity contribution in [2.24, 2.45) is 0 Å². The van der Waals surface area contributed by atoms with Gasteiger partial charge in [0.2, 0.25) is 5.95 Å². The van der Waals surface area contributed by atoms with Crippen LogP contribution in [0.25, 0.3) is 11.4 Å². The van der Waals surface area contributed by atoms with Crippen LogP contribution in [0.2, 0.25) is 0 Å². The van der Waals surface area contributed by atoms with Crippen molar-refractivity contribution in [3.63, 3.8) is 0 Å². The standard InChI is InChI=1S/C25H31FN6O2.H2/c1-18-27-17-23(32(18)21-7-12-33-13-8-21)24-22(26)16-28-25(30-24)29-20-4-2-19(3-5-20)6-9-31-10-14-34-15-11-31;/h2-5,16-17,21H,6-15H2,1H3,(H,28,29,30);1H. The fraction of sp³-hybridized carbons (Fsp3) is 0.480. The third-order valence-electron chi connectivity index (χ3n) is 6.56. The number of imidazole rings is 1. The molecule has 0 aliphatic carbocycles. The molecule has 2 aliphatic rings. The molecule has 182 valence electrons. The van der Waals surface area contributed by atoms with Crippen molar-refractivity contribution in [2.75, 3.05) is 51.4 Å². The fourth-order valence-electron chi connectivity index (χ4n) is 4.64. The van der Waals surface area contributed by atoms with Gasteiger partial charge in [-0.3, -0.25) is 4.90 Å². The first-order valence-corrected chi connectivity index (χ1v) is 12.0. The Morgan fingerprint density at radius 2 is 1.76 bits per heavy atom. The van der Waals surface area contributed by atoms with Gasteiger partial charge >= 0.3 is 0 Å². The number of halogens is 1. The molecule has 3 aromatic rings. The van der Waals surface area contributed by atoms with Crippen LogP contribution in [0.3, 0.4) is 0 Å². The van der Waals surface area contributed by atoms with Gasteiger partial charge in [-0.1, -0.05) is 12.1 Å². The maximum Gasteiger partial charge on any atom is 0.227 e. The minimum absolute atomic E-state index is 0. The number of hydrogen-bond acceptors (Lipinski definition) is 7. The second-order valence-electron chi connectivity index (χ2n) is 8.82. The van der Waals surface area contributed by atoms with E-state index >= 15 is 0 Å². The summed E-state index contributed by atoms with van der Waals surface area (Å²) >= 11 is 0. The van der Waals surface area contributed by atoms with Crippen LogP contribution in [0, 0.1) is 12.7 Å². The molecule has 2 saturated heterocycles. The van der Waals surface area contributed by atoms with E-state index in [1.165, 1.54) is 11.8 Å². The van der Waals surface area contributed by atoms with Crippen LogP contribution in [0.5, 0.6) is 0 Å². The van der Waals surface area contributed by atoms with Crippen LogP contribution in [0.1, 0.15) is 31.7 Å². The largest absolute Gasteiger partial charge is 0.381 e. The van der Waals surface area contributed by atoms with Crippen molar-refractivity contribution in [3.8, 4) is 11.4 Å². The Bertz CT molecular complexity index is 1100. The number of nitrogens with one attached hydrogen (secondary N) is 1. The molecular formula is C25H33FN6O2. The maximum atomic E-state index is 14.8. The summed E-state index contributed by atoms with van der Waals surface area (Å²) in [5, 5.41) is 3.21. The van der Waals surface area contributed by atoms with Crippen molar-refractivity contribution < 1.29 is 15.3 Å². The van der Waals surface area contributed by atoms with Crippen LogP contribution in [0.15, 0.2) is 36.7 Å². The summed E-state index contributed by atoms with van der Waals surface area (Å²) in [5.74, 6) is 0.745. The van der Waals surface area contributed by atoms with Gasteiger partial charge in [-0.2, -0.15) is 0 Å². The number of aryl methyl sites for hydroxylation is 1. The van der Waals surface area contributed by atoms with Crippen molar-refractivity contribution in [1.82, 2.24) is 24.4 Å². The van der Waals surface area contributed by atoms with E-state index in [4.69, 9.17) is 9.47 Å². The van der Waals surface area contributed by atoms with E-state index in [1.807, 2.05) is 19.1 Å². The Morgan fingerprint density at radius 1 is 1.03 bits per heavy atom. The highest BCUT2D eigenvalue weighted by atomic mass is 19.1. The van der Waals surface area contributed by atoms with Crippen molar-refractivity contribution in [1.29, 1.82) is 0 Å². The number of rotatable bonds is 7. The summed E-state index contributed by atoms with van der Waals surface area (Å²) < 4.78 is 27.8. The number of ether oxygens (including phenoxy) is 2. The summed E-state index contributed by atoms with van der Waals surface area (Å²) in [4.78, 5) is 15.6. The van der Waals surface area contributed by atoms with Crippen LogP contribution in [0.4, 0.5) is 16.0 Å². The minimum Gasteiger partial charge on any atom is -0.381 e. The first kappa shape index (κ1) is 22.9. The van der Waals surface area contributed by atoms with Gasteiger partial charge in [0.05, 0.1) is 31.3 Å². The third kappa shape index (κ3) is 5.27. The molecule has 0 atom stereocenters. The SMILES string of the molecule is Cc1ncc(-c2nc(Nc3ccc(CCN4CCOCC4)cc3)ncc2F)n1C1CCOCC1.[HH]. The zero-order valence-corrected chi connectivity index (χ0v) is 19.5. The van der Waals surface area contributed by atoms with Crippen LogP contribution < -0.4 is 5.32 Å². The minimum atomic E-state index is -0.461. The molecule has 2 aromatic heterocycles. The third-order valence-corrected chi connectivity index (χ3v) is 6.56. The second kappa shape index (κ2) is 10.6. The molecule has 9 heteroatoms. The normalized spacial score (nSPS) is 17.7. The van der Waals surface area contributed by atoms with Gasteiger partial charge in [0.25, 0.3) is 0 Å². The number of nitrogens with zero attached hydrogens (tertiary/aromatic N) is 5. The van der Waals surface area contributed by atoms with E-state index in [0.717, 1.165) is 63.6 Å². The van der Waals surface area contributed by atoms with E-state index < -0.39 is 5.82 Å². The molecule has 0 spiro atoms. The van der Waals surface area contributed by atoms with E-state index in [2.05, 4.69) is 41.9 Å². The predicted octanol–water partition coefficient (Wildman–Crippen LogP) is 4.00. The highest BCUT2D eigenvalue weighted by Gasteiger charge is 2.23. The summed E-state index contributed by atoms with van der Waals surface area (Å²) in [6, 6.07) is 8.46. The average molecular weight is 469 g/mol. The van der Waals surface area contributed by atoms with E-state index in [0.29, 0.717) is 24.9 Å². The summed E-state index contributed by atoms with van der Waals surface area (Å²) in [5.41, 5.74) is 3.06. The predicted molar refractivity (Wildman–Crippen MR) is 130 cm³/mol. The highest BCUT2D eigenvalue weighted by molar-refractivity contribution is 5.60. The number of hydrogen-bond donors (Lipinski definition) is 1. The zero-order chi connectivity index (χ0) is 23.3. The van der Waals surface area contributed by atoms with Gasteiger partial charge < -0.3 is 19.4 Å². The molecule has 1 aromatic carbocycles. The van der Waals surface area contributed by atoms with E-state index in [1.54, 1.807) is 6.20 Å². The Morgan fingerprint density at radius 3 is 2.53 bits per heavy atom. The molecule has 8 nitrogen and oxygen atoms in total. The van der Waals surface area contributed by atoms with Gasteiger partial charge in [0.1, 0.15) is 11.5 Å². The summed E-state index contributed by atoms with van der Waals surface area (Å²) in [7, 11) is 0. The van der Waals surface area contributed by atoms with Gasteiger partial charge in [-0.15, -0.1) is 0 Å². The van der Waals surface area contributed by atoms with Crippen LogP contribution in [-0.2, 0) is 15.9 Å². The molecule has 0 amide bonds. The molecule has 0 radical (unpaired) electrons. The molecule has 2 aliphatic heterocycles. The van der Waals surface area contributed by atoms with E-state index in [9.17, 15) is 4.39 Å². The molecular weight excluding hydrogens is 435 g/mol. The molecule has 1 N–H and O–H groups in total. The van der Waals surface area contributed by atoms with E-state index in [-0.39, 0.29) is 13.2 Å². The molecule has 4 heterocycles. The quantitative estimate of drug-likeness (QED) is 0.562. The van der Waals surface area contributed by atoms with Crippen molar-refractivity contribution in [2.45, 2.75) is 32.2 Å². The van der Waals surface area contributed by atoms with Crippen LogP contribution >= 0.6 is 0 Å². The van der Waals surface area contributed by atoms with Crippen molar-refractivity contribution >= 4 is 11.6 Å². The highest BCUT2D eigenvalue weighted by Crippen LogP contribution is 2.31. The lowest BCUT2D eigenvalue weighted by Gasteiger charge is -2.26. The van der Waals surface area contributed by atoms with Crippen LogP contribution in [-0.4, -0.2) is 70.5 Å². The lowest BCUT2D eigenvalue weighted by atomic mass is 10.1. The average Bonchev–Trinajstić information content (AvgIpc) is 3.27. The first-order valence-electron chi connectivity index (χ1n) is 12.0. The molecule has 0 unspecified atom stereocenters. The van der Waals surface area contributed by atoms with Gasteiger partial charge in [0.15, 0.2) is 5.82 Å². The number of aromatic nitrogens is 4. The molecule has 2 fully saturated rings. The smallest absolute Gasteiger partial charge is 0.227 e. The Hall–Kier alpha value is -2.88. The summed E-state index contributed by atoms with van der Waals surface area (Å²) in [6.07, 6.45) is 5.66. The monoisotopic (exact) mass is 468 g/mol. The zero-order valence-electron chi connectivity index (χ0n) is 19.5. The first-order chi connectivity index (χ1) is 16.7. The van der Waals surface area contributed by atoms with Gasteiger partial charge in [-0.25, -0.2) is 19.3 Å². The van der Waals surface area contributed by atoms with Crippen molar-refractivity contribution in [3.05, 3.63) is 53.9 Å². The lowest BCUT2D eigenvalue weighted by molar-refractivity contribution is 0.0384. The summed E-state index contributed by atoms with van der Waals surface area (Å²) in [6.45, 7) is 7.99. The topological polar surface area (TPSA) is 77.3 Å². The lowest BCUT2D eigenvalue weighted by Crippen LogP contribution is -2.37. The number of anilines is 2. The maximum absolute atomic E-state index is 14.8. The number of benzene rings is 1. The molecule has 0 saturated carbocycles. The second-order valence-corrected chi connectivity index (χ2v) is 8.82. The Balaban J connectivity index is 0.00000289. The molecule has 0 bridgehead atoms. The molecule has 5 rings (SSSR count).